The van der Waals surface area contributed by atoms with E-state index in [1.54, 1.807) is 5.23 Å². The molecule has 1 aromatic rings. The van der Waals surface area contributed by atoms with Crippen LogP contribution in [0.5, 0.6) is 0 Å². The van der Waals surface area contributed by atoms with Crippen LogP contribution in [0.3, 0.4) is 0 Å². The Morgan fingerprint density at radius 3 is 2.65 bits per heavy atom. The second kappa shape index (κ2) is 6.87. The van der Waals surface area contributed by atoms with Crippen molar-refractivity contribution >= 4 is 0 Å². The Balaban J connectivity index is 1.88. The van der Waals surface area contributed by atoms with E-state index >= 15 is 0 Å². The molecule has 0 bridgehead atoms. The fourth-order valence-corrected chi connectivity index (χ4v) is 3.91. The average Bonchev–Trinajstić information content (AvgIpc) is 2.95. The van der Waals surface area contributed by atoms with Gasteiger partial charge in [0.2, 0.25) is 0 Å². The van der Waals surface area contributed by atoms with Gasteiger partial charge in [-0.15, -0.1) is 0 Å². The molecule has 0 spiro atoms. The topological polar surface area (TPSA) is 51.2 Å². The van der Waals surface area contributed by atoms with Crippen molar-refractivity contribution in [2.45, 2.75) is 51.5 Å². The number of rotatable bonds is 5. The summed E-state index contributed by atoms with van der Waals surface area (Å²) in [6.45, 7) is 6.93. The second-order valence-corrected chi connectivity index (χ2v) is 6.80. The first kappa shape index (κ1) is 16.9. The molecule has 5 heteroatoms. The summed E-state index contributed by atoms with van der Waals surface area (Å²) in [6, 6.07) is 10.1. The Bertz CT molecular complexity index is 509. The molecule has 23 heavy (non-hydrogen) atoms. The van der Waals surface area contributed by atoms with E-state index in [0.29, 0.717) is 12.5 Å². The molecule has 0 aromatic heterocycles. The largest absolute Gasteiger partial charge is 0.394 e. The smallest absolute Gasteiger partial charge is 0.180 e. The highest BCUT2D eigenvalue weighted by Crippen LogP contribution is 2.51. The number of fused-ring (bicyclic) bond motifs is 1. The third-order valence-electron chi connectivity index (χ3n) is 5.08. The summed E-state index contributed by atoms with van der Waals surface area (Å²) in [4.78, 5) is 12.0. The lowest BCUT2D eigenvalue weighted by Gasteiger charge is -2.48. The average molecular weight is 321 g/mol. The predicted molar refractivity (Wildman–Crippen MR) is 86.0 cm³/mol. The highest BCUT2D eigenvalue weighted by Gasteiger charge is 2.58. The molecule has 0 saturated carbocycles. The molecule has 2 saturated heterocycles. The van der Waals surface area contributed by atoms with E-state index in [2.05, 4.69) is 26.0 Å². The van der Waals surface area contributed by atoms with Gasteiger partial charge in [0.05, 0.1) is 6.61 Å². The lowest BCUT2D eigenvalue weighted by atomic mass is 9.72. The Labute approximate surface area is 138 Å². The highest BCUT2D eigenvalue weighted by atomic mass is 17.0. The Hall–Kier alpha value is -0.980. The van der Waals surface area contributed by atoms with Crippen molar-refractivity contribution in [1.82, 2.24) is 5.23 Å². The third kappa shape index (κ3) is 3.04. The van der Waals surface area contributed by atoms with E-state index in [9.17, 15) is 5.11 Å². The number of benzene rings is 1. The molecule has 0 amide bonds. The predicted octanol–water partition coefficient (Wildman–Crippen LogP) is 3.07. The third-order valence-corrected chi connectivity index (χ3v) is 5.08. The molecule has 2 aliphatic rings. The van der Waals surface area contributed by atoms with Crippen LogP contribution in [-0.2, 0) is 14.4 Å². The molecule has 2 aliphatic heterocycles. The van der Waals surface area contributed by atoms with Gasteiger partial charge in [-0.25, -0.2) is 4.84 Å². The minimum Gasteiger partial charge on any atom is -0.394 e. The minimum atomic E-state index is -0.512. The first-order valence-electron chi connectivity index (χ1n) is 8.52. The minimum absolute atomic E-state index is 0.0119. The summed E-state index contributed by atoms with van der Waals surface area (Å²) in [7, 11) is 0. The lowest BCUT2D eigenvalue weighted by Crippen LogP contribution is -2.59. The van der Waals surface area contributed by atoms with E-state index in [1.165, 1.54) is 0 Å². The van der Waals surface area contributed by atoms with Crippen molar-refractivity contribution in [2.75, 3.05) is 13.2 Å². The Morgan fingerprint density at radius 1 is 1.30 bits per heavy atom. The van der Waals surface area contributed by atoms with E-state index in [0.717, 1.165) is 18.4 Å². The van der Waals surface area contributed by atoms with Gasteiger partial charge in [0.25, 0.3) is 0 Å². The standard InChI is InChI=1S/C18H27NO4/c1-4-21-17-10-15(13(2)3)18(12-20)11-16(22-19(18)23-17)14-8-6-5-7-9-14/h5-9,13,15-17,20H,4,10-12H2,1-3H3. The monoisotopic (exact) mass is 321 g/mol. The zero-order valence-corrected chi connectivity index (χ0v) is 14.1. The molecular weight excluding hydrogens is 294 g/mol. The molecule has 3 rings (SSSR count). The molecule has 0 aliphatic carbocycles. The summed E-state index contributed by atoms with van der Waals surface area (Å²) in [5.74, 6) is 0.640. The molecule has 1 N–H and O–H groups in total. The maximum Gasteiger partial charge on any atom is 0.180 e. The van der Waals surface area contributed by atoms with Crippen LogP contribution in [0.1, 0.15) is 45.3 Å². The van der Waals surface area contributed by atoms with E-state index in [1.807, 2.05) is 25.1 Å². The van der Waals surface area contributed by atoms with Gasteiger partial charge in [-0.1, -0.05) is 49.4 Å². The van der Waals surface area contributed by atoms with Gasteiger partial charge in [0.15, 0.2) is 6.29 Å². The number of aliphatic hydroxyl groups excluding tert-OH is 1. The van der Waals surface area contributed by atoms with Gasteiger partial charge < -0.3 is 9.84 Å². The maximum atomic E-state index is 10.2. The number of nitrogens with zero attached hydrogens (tertiary/aromatic N) is 1. The first-order chi connectivity index (χ1) is 11.1. The lowest BCUT2D eigenvalue weighted by molar-refractivity contribution is -0.468. The van der Waals surface area contributed by atoms with Crippen LogP contribution in [-0.4, -0.2) is 35.4 Å². The van der Waals surface area contributed by atoms with Crippen molar-refractivity contribution < 1.29 is 19.5 Å². The summed E-state index contributed by atoms with van der Waals surface area (Å²) in [6.07, 6.45) is 1.06. The van der Waals surface area contributed by atoms with Crippen molar-refractivity contribution in [3.63, 3.8) is 0 Å². The second-order valence-electron chi connectivity index (χ2n) is 6.80. The number of ether oxygens (including phenoxy) is 1. The summed E-state index contributed by atoms with van der Waals surface area (Å²) in [5, 5.41) is 11.8. The number of hydrogen-bond acceptors (Lipinski definition) is 5. The number of hydrogen-bond donors (Lipinski definition) is 1. The van der Waals surface area contributed by atoms with Gasteiger partial charge in [-0.05, 0) is 24.3 Å². The zero-order valence-electron chi connectivity index (χ0n) is 14.1. The summed E-state index contributed by atoms with van der Waals surface area (Å²) >= 11 is 0. The van der Waals surface area contributed by atoms with Crippen LogP contribution in [0.25, 0.3) is 0 Å². The van der Waals surface area contributed by atoms with Crippen molar-refractivity contribution in [2.24, 2.45) is 11.8 Å². The molecule has 4 atom stereocenters. The van der Waals surface area contributed by atoms with Gasteiger partial charge in [0, 0.05) is 19.4 Å². The normalized spacial score (nSPS) is 34.7. The maximum absolute atomic E-state index is 10.2. The van der Waals surface area contributed by atoms with Crippen LogP contribution in [0.15, 0.2) is 30.3 Å². The quantitative estimate of drug-likeness (QED) is 0.903. The number of aliphatic hydroxyl groups is 1. The molecular formula is C18H27NO4. The fourth-order valence-electron chi connectivity index (χ4n) is 3.91. The molecule has 1 aromatic carbocycles. The molecule has 2 fully saturated rings. The van der Waals surface area contributed by atoms with Crippen LogP contribution < -0.4 is 0 Å². The molecule has 5 nitrogen and oxygen atoms in total. The SMILES string of the molecule is CCOC1CC(C(C)C)C2(CO)CC(c3ccccc3)ON2O1. The molecule has 2 heterocycles. The van der Waals surface area contributed by atoms with E-state index < -0.39 is 5.54 Å². The molecule has 0 radical (unpaired) electrons. The van der Waals surface area contributed by atoms with Gasteiger partial charge >= 0.3 is 0 Å². The van der Waals surface area contributed by atoms with E-state index in [-0.39, 0.29) is 24.9 Å². The zero-order chi connectivity index (χ0) is 16.4. The molecule has 4 unspecified atom stereocenters. The van der Waals surface area contributed by atoms with Crippen molar-refractivity contribution in [3.8, 4) is 0 Å². The highest BCUT2D eigenvalue weighted by molar-refractivity contribution is 5.20. The van der Waals surface area contributed by atoms with Gasteiger partial charge in [-0.3, -0.25) is 4.84 Å². The van der Waals surface area contributed by atoms with E-state index in [4.69, 9.17) is 14.4 Å². The summed E-state index contributed by atoms with van der Waals surface area (Å²) < 4.78 is 5.68. The Kier molecular flexibility index (Phi) is 5.04. The number of hydroxylamine groups is 2. The van der Waals surface area contributed by atoms with Crippen LogP contribution in [0.4, 0.5) is 0 Å². The van der Waals surface area contributed by atoms with Crippen LogP contribution in [0, 0.1) is 11.8 Å². The fraction of sp³-hybridized carbons (Fsp3) is 0.667. The van der Waals surface area contributed by atoms with Gasteiger partial charge in [0.1, 0.15) is 11.6 Å². The van der Waals surface area contributed by atoms with Crippen molar-refractivity contribution in [3.05, 3.63) is 35.9 Å². The summed E-state index contributed by atoms with van der Waals surface area (Å²) in [5.41, 5.74) is 0.594. The van der Waals surface area contributed by atoms with Crippen LogP contribution >= 0.6 is 0 Å². The molecule has 128 valence electrons. The van der Waals surface area contributed by atoms with Crippen LogP contribution in [0.2, 0.25) is 0 Å². The van der Waals surface area contributed by atoms with Gasteiger partial charge in [-0.2, -0.15) is 0 Å². The first-order valence-corrected chi connectivity index (χ1v) is 8.52. The van der Waals surface area contributed by atoms with Crippen molar-refractivity contribution in [1.29, 1.82) is 0 Å². The Morgan fingerprint density at radius 2 is 2.04 bits per heavy atom.